The Labute approximate surface area is 294 Å². The lowest BCUT2D eigenvalue weighted by atomic mass is 9.93. The number of hydrogen-bond acceptors (Lipinski definition) is 8. The maximum Gasteiger partial charge on any atom is 0.338 e. The van der Waals surface area contributed by atoms with E-state index in [-0.39, 0.29) is 24.3 Å². The summed E-state index contributed by atoms with van der Waals surface area (Å²) in [4.78, 5) is 33.4. The lowest BCUT2D eigenvalue weighted by Gasteiger charge is -2.26. The molecule has 1 aromatic heterocycles. The van der Waals surface area contributed by atoms with E-state index >= 15 is 0 Å². The van der Waals surface area contributed by atoms with Crippen LogP contribution in [0.25, 0.3) is 11.8 Å². The van der Waals surface area contributed by atoms with E-state index in [1.54, 1.807) is 37.9 Å². The summed E-state index contributed by atoms with van der Waals surface area (Å²) >= 11 is 11.2. The number of carbonyl (C=O) groups excluding carboxylic acids is 1. The fourth-order valence-corrected chi connectivity index (χ4v) is 7.21. The van der Waals surface area contributed by atoms with Gasteiger partial charge in [-0.25, -0.2) is 9.79 Å². The molecule has 0 spiro atoms. The molecule has 0 fully saturated rings. The molecule has 5 aromatic rings. The van der Waals surface area contributed by atoms with Crippen LogP contribution in [-0.2, 0) is 16.1 Å². The van der Waals surface area contributed by atoms with E-state index in [4.69, 9.17) is 35.5 Å². The van der Waals surface area contributed by atoms with Crippen molar-refractivity contribution in [1.82, 2.24) is 4.57 Å². The molecule has 4 aromatic carbocycles. The molecule has 0 bridgehead atoms. The van der Waals surface area contributed by atoms with Gasteiger partial charge in [-0.15, -0.1) is 0 Å². The smallest absolute Gasteiger partial charge is 0.338 e. The molecular formula is C37H30BrClN2O6S. The van der Waals surface area contributed by atoms with Gasteiger partial charge in [-0.2, -0.15) is 0 Å². The molecule has 48 heavy (non-hydrogen) atoms. The van der Waals surface area contributed by atoms with Crippen LogP contribution in [0.2, 0.25) is 5.02 Å². The highest BCUT2D eigenvalue weighted by molar-refractivity contribution is 9.10. The molecule has 0 saturated carbocycles. The molecule has 0 radical (unpaired) electrons. The summed E-state index contributed by atoms with van der Waals surface area (Å²) in [5.41, 5.74) is 3.33. The summed E-state index contributed by atoms with van der Waals surface area (Å²) in [7, 11) is 3.12. The first-order valence-corrected chi connectivity index (χ1v) is 17.0. The highest BCUT2D eigenvalue weighted by Gasteiger charge is 2.35. The second-order valence-corrected chi connectivity index (χ2v) is 12.9. The topological polar surface area (TPSA) is 88.4 Å². The summed E-state index contributed by atoms with van der Waals surface area (Å²) in [6.45, 7) is 2.15. The summed E-state index contributed by atoms with van der Waals surface area (Å²) in [5, 5.41) is 0.605. The molecule has 1 aliphatic rings. The Kier molecular flexibility index (Phi) is 10.1. The molecule has 1 aliphatic heterocycles. The van der Waals surface area contributed by atoms with Gasteiger partial charge in [-0.3, -0.25) is 9.36 Å². The average Bonchev–Trinajstić information content (AvgIpc) is 3.41. The van der Waals surface area contributed by atoms with Crippen molar-refractivity contribution >= 4 is 56.6 Å². The highest BCUT2D eigenvalue weighted by atomic mass is 79.9. The molecule has 0 saturated heterocycles. The number of benzene rings is 4. The zero-order valence-electron chi connectivity index (χ0n) is 26.2. The molecular weight excluding hydrogens is 716 g/mol. The standard InChI is InChI=1S/C37H30BrClN2O6S/c1-4-46-36(43)31-32(23-11-6-5-7-12-23)40-37-41(33(31)24-14-10-15-26(20-24)44-2)35(42)30(48-37)19-22-17-27(38)34(29(18-22)45-3)47-21-25-13-8-9-16-28(25)39/h5-20,33H,4,21H2,1-3H3/b30-19-/t33-/m0/s1. The third-order valence-corrected chi connectivity index (χ3v) is 9.60. The highest BCUT2D eigenvalue weighted by Crippen LogP contribution is 2.38. The van der Waals surface area contributed by atoms with Crippen molar-refractivity contribution < 1.29 is 23.7 Å². The first-order valence-electron chi connectivity index (χ1n) is 15.0. The maximum absolute atomic E-state index is 14.3. The number of hydrogen-bond donors (Lipinski definition) is 0. The van der Waals surface area contributed by atoms with E-state index in [1.165, 1.54) is 11.3 Å². The Hall–Kier alpha value is -4.64. The number of nitrogens with zero attached hydrogens (tertiary/aromatic N) is 2. The first-order chi connectivity index (χ1) is 23.3. The van der Waals surface area contributed by atoms with Crippen LogP contribution in [0.4, 0.5) is 0 Å². The SMILES string of the molecule is CCOC(=O)C1=C(c2ccccc2)N=c2s/c(=C\c3cc(Br)c(OCc4ccccc4Cl)c(OC)c3)c(=O)n2[C@H]1c1cccc(OC)c1. The van der Waals surface area contributed by atoms with E-state index in [9.17, 15) is 9.59 Å². The number of halogens is 2. The Bertz CT molecular complexity index is 2210. The summed E-state index contributed by atoms with van der Waals surface area (Å²) in [6.07, 6.45) is 1.77. The number of methoxy groups -OCH3 is 2. The van der Waals surface area contributed by atoms with Crippen LogP contribution in [0, 0.1) is 0 Å². The number of carbonyl (C=O) groups is 1. The molecule has 6 rings (SSSR count). The normalized spacial score (nSPS) is 14.3. The fourth-order valence-electron chi connectivity index (χ4n) is 5.45. The number of aromatic nitrogens is 1. The molecule has 1 atom stereocenters. The second-order valence-electron chi connectivity index (χ2n) is 10.6. The molecule has 11 heteroatoms. The van der Waals surface area contributed by atoms with Crippen LogP contribution in [0.5, 0.6) is 17.2 Å². The number of esters is 1. The van der Waals surface area contributed by atoms with Crippen LogP contribution in [0.3, 0.4) is 0 Å². The van der Waals surface area contributed by atoms with Gasteiger partial charge in [0.05, 0.1) is 47.1 Å². The lowest BCUT2D eigenvalue weighted by molar-refractivity contribution is -0.138. The summed E-state index contributed by atoms with van der Waals surface area (Å²) < 4.78 is 25.5. The van der Waals surface area contributed by atoms with Crippen molar-refractivity contribution in [2.24, 2.45) is 4.99 Å². The van der Waals surface area contributed by atoms with Crippen LogP contribution < -0.4 is 29.1 Å². The van der Waals surface area contributed by atoms with Crippen LogP contribution in [-0.4, -0.2) is 31.4 Å². The van der Waals surface area contributed by atoms with Gasteiger partial charge in [0.2, 0.25) is 0 Å². The maximum atomic E-state index is 14.3. The Balaban J connectivity index is 1.51. The molecule has 0 unspecified atom stereocenters. The zero-order valence-corrected chi connectivity index (χ0v) is 29.4. The van der Waals surface area contributed by atoms with Crippen molar-refractivity contribution in [1.29, 1.82) is 0 Å². The minimum Gasteiger partial charge on any atom is -0.497 e. The van der Waals surface area contributed by atoms with E-state index in [2.05, 4.69) is 15.9 Å². The fraction of sp³-hybridized carbons (Fsp3) is 0.162. The molecule has 8 nitrogen and oxygen atoms in total. The summed E-state index contributed by atoms with van der Waals surface area (Å²) in [5.74, 6) is 1.01. The monoisotopic (exact) mass is 744 g/mol. The number of thiazole rings is 1. The van der Waals surface area contributed by atoms with Crippen molar-refractivity contribution in [2.75, 3.05) is 20.8 Å². The Morgan fingerprint density at radius 3 is 2.50 bits per heavy atom. The molecule has 0 amide bonds. The summed E-state index contributed by atoms with van der Waals surface area (Å²) in [6, 6.07) is 27.0. The minimum absolute atomic E-state index is 0.161. The molecule has 0 N–H and O–H groups in total. The van der Waals surface area contributed by atoms with Crippen LogP contribution in [0.15, 0.2) is 111 Å². The number of ether oxygens (including phenoxy) is 4. The minimum atomic E-state index is -0.824. The van der Waals surface area contributed by atoms with Crippen LogP contribution >= 0.6 is 38.9 Å². The van der Waals surface area contributed by atoms with Gasteiger partial charge >= 0.3 is 5.97 Å². The first kappa shape index (κ1) is 33.3. The van der Waals surface area contributed by atoms with Gasteiger partial charge in [0, 0.05) is 16.1 Å². The quantitative estimate of drug-likeness (QED) is 0.144. The van der Waals surface area contributed by atoms with Crippen molar-refractivity contribution in [3.05, 3.63) is 148 Å². The Morgan fingerprint density at radius 2 is 1.77 bits per heavy atom. The van der Waals surface area contributed by atoms with Gasteiger partial charge in [0.15, 0.2) is 16.3 Å². The molecule has 0 aliphatic carbocycles. The van der Waals surface area contributed by atoms with E-state index < -0.39 is 12.0 Å². The van der Waals surface area contributed by atoms with Gasteiger partial charge in [-0.05, 0) is 70.4 Å². The van der Waals surface area contributed by atoms with Gasteiger partial charge in [0.1, 0.15) is 12.4 Å². The largest absolute Gasteiger partial charge is 0.497 e. The predicted octanol–water partition coefficient (Wildman–Crippen LogP) is 6.95. The zero-order chi connectivity index (χ0) is 33.8. The van der Waals surface area contributed by atoms with Crippen molar-refractivity contribution in [3.63, 3.8) is 0 Å². The second kappa shape index (κ2) is 14.6. The van der Waals surface area contributed by atoms with Crippen LogP contribution in [0.1, 0.15) is 35.2 Å². The number of fused-ring (bicyclic) bond motifs is 1. The van der Waals surface area contributed by atoms with Gasteiger partial charge in [0.25, 0.3) is 5.56 Å². The van der Waals surface area contributed by atoms with E-state index in [1.807, 2.05) is 84.9 Å². The molecule has 2 heterocycles. The van der Waals surface area contributed by atoms with E-state index in [0.29, 0.717) is 52.9 Å². The third-order valence-electron chi connectivity index (χ3n) is 7.66. The molecule has 244 valence electrons. The van der Waals surface area contributed by atoms with Crippen molar-refractivity contribution in [3.8, 4) is 17.2 Å². The Morgan fingerprint density at radius 1 is 1.00 bits per heavy atom. The van der Waals surface area contributed by atoms with Crippen molar-refractivity contribution in [2.45, 2.75) is 19.6 Å². The average molecular weight is 746 g/mol. The number of rotatable bonds is 10. The van der Waals surface area contributed by atoms with E-state index in [0.717, 1.165) is 11.1 Å². The predicted molar refractivity (Wildman–Crippen MR) is 191 cm³/mol. The van der Waals surface area contributed by atoms with Gasteiger partial charge in [-0.1, -0.05) is 83.6 Å². The van der Waals surface area contributed by atoms with Gasteiger partial charge < -0.3 is 18.9 Å². The third kappa shape index (κ3) is 6.69. The lowest BCUT2D eigenvalue weighted by Crippen LogP contribution is -2.40.